The Bertz CT molecular complexity index is 406. The van der Waals surface area contributed by atoms with E-state index in [0.717, 1.165) is 0 Å². The summed E-state index contributed by atoms with van der Waals surface area (Å²) < 4.78 is 18.3. The number of aliphatic carboxylic acids is 1. The lowest BCUT2D eigenvalue weighted by Gasteiger charge is -2.12. The van der Waals surface area contributed by atoms with Crippen LogP contribution in [-0.4, -0.2) is 24.2 Å². The van der Waals surface area contributed by atoms with Crippen molar-refractivity contribution in [3.8, 4) is 5.75 Å². The summed E-state index contributed by atoms with van der Waals surface area (Å²) in [6, 6.07) is 1.73. The molecule has 5 heteroatoms. The number of nitrogens with two attached hydrogens (primary N) is 1. The zero-order valence-corrected chi connectivity index (χ0v) is 9.16. The van der Waals surface area contributed by atoms with Crippen LogP contribution in [0.2, 0.25) is 0 Å². The van der Waals surface area contributed by atoms with Gasteiger partial charge in [-0.15, -0.1) is 0 Å². The van der Waals surface area contributed by atoms with Crippen molar-refractivity contribution in [2.75, 3.05) is 7.11 Å². The van der Waals surface area contributed by atoms with Crippen LogP contribution in [0.1, 0.15) is 11.1 Å². The molecule has 0 fully saturated rings. The minimum atomic E-state index is -1.12. The van der Waals surface area contributed by atoms with Crippen molar-refractivity contribution in [2.24, 2.45) is 5.73 Å². The number of carboxylic acids is 1. The Balaban J connectivity index is 3.03. The highest BCUT2D eigenvalue weighted by atomic mass is 19.1. The molecule has 0 bridgehead atoms. The summed E-state index contributed by atoms with van der Waals surface area (Å²) in [4.78, 5) is 10.6. The van der Waals surface area contributed by atoms with Gasteiger partial charge in [-0.25, -0.2) is 4.39 Å². The number of halogens is 1. The summed E-state index contributed by atoms with van der Waals surface area (Å²) >= 11 is 0. The van der Waals surface area contributed by atoms with Crippen LogP contribution in [0.25, 0.3) is 0 Å². The first kappa shape index (κ1) is 12.4. The van der Waals surface area contributed by atoms with Gasteiger partial charge in [0.25, 0.3) is 0 Å². The molecular formula is C11H14FNO3. The number of hydrogen-bond acceptors (Lipinski definition) is 3. The van der Waals surface area contributed by atoms with Crippen LogP contribution in [0.4, 0.5) is 4.39 Å². The number of carboxylic acid groups (broad SMARTS) is 1. The van der Waals surface area contributed by atoms with Crippen molar-refractivity contribution in [1.29, 1.82) is 0 Å². The van der Waals surface area contributed by atoms with Crippen LogP contribution in [0, 0.1) is 12.7 Å². The van der Waals surface area contributed by atoms with Crippen molar-refractivity contribution >= 4 is 5.97 Å². The van der Waals surface area contributed by atoms with E-state index < -0.39 is 17.8 Å². The Morgan fingerprint density at radius 3 is 2.75 bits per heavy atom. The third-order valence-electron chi connectivity index (χ3n) is 2.32. The maximum Gasteiger partial charge on any atom is 0.320 e. The molecule has 0 radical (unpaired) electrons. The van der Waals surface area contributed by atoms with Gasteiger partial charge in [-0.05, 0) is 30.2 Å². The van der Waals surface area contributed by atoms with E-state index in [9.17, 15) is 9.18 Å². The number of ether oxygens (including phenoxy) is 1. The summed E-state index contributed by atoms with van der Waals surface area (Å²) in [5.74, 6) is -1.06. The normalized spacial score (nSPS) is 12.2. The van der Waals surface area contributed by atoms with E-state index in [-0.39, 0.29) is 6.42 Å². The molecule has 0 heterocycles. The van der Waals surface area contributed by atoms with E-state index in [1.54, 1.807) is 6.92 Å². The highest BCUT2D eigenvalue weighted by Gasteiger charge is 2.16. The summed E-state index contributed by atoms with van der Waals surface area (Å²) in [6.07, 6.45) is 0.0374. The van der Waals surface area contributed by atoms with Gasteiger partial charge in [0, 0.05) is 6.42 Å². The molecule has 16 heavy (non-hydrogen) atoms. The number of aryl methyl sites for hydroxylation is 1. The molecule has 1 rings (SSSR count). The summed E-state index contributed by atoms with van der Waals surface area (Å²) in [6.45, 7) is 1.61. The van der Waals surface area contributed by atoms with Gasteiger partial charge < -0.3 is 15.6 Å². The molecule has 88 valence electrons. The lowest BCUT2D eigenvalue weighted by molar-refractivity contribution is -0.138. The van der Waals surface area contributed by atoms with E-state index in [1.807, 2.05) is 0 Å². The lowest BCUT2D eigenvalue weighted by Crippen LogP contribution is -2.32. The van der Waals surface area contributed by atoms with Crippen molar-refractivity contribution in [1.82, 2.24) is 0 Å². The second-order valence-electron chi connectivity index (χ2n) is 3.56. The molecule has 1 atom stereocenters. The number of methoxy groups -OCH3 is 1. The van der Waals surface area contributed by atoms with Crippen molar-refractivity contribution < 1.29 is 19.0 Å². The summed E-state index contributed by atoms with van der Waals surface area (Å²) in [7, 11) is 1.45. The maximum atomic E-state index is 13.3. The monoisotopic (exact) mass is 227 g/mol. The average Bonchev–Trinajstić information content (AvgIpc) is 2.22. The minimum absolute atomic E-state index is 0.0374. The van der Waals surface area contributed by atoms with Crippen LogP contribution >= 0.6 is 0 Å². The Morgan fingerprint density at radius 1 is 1.62 bits per heavy atom. The van der Waals surface area contributed by atoms with Crippen molar-refractivity contribution in [3.05, 3.63) is 29.1 Å². The van der Waals surface area contributed by atoms with E-state index in [2.05, 4.69) is 0 Å². The zero-order chi connectivity index (χ0) is 12.3. The number of rotatable bonds is 4. The highest BCUT2D eigenvalue weighted by Crippen LogP contribution is 2.23. The standard InChI is InChI=1S/C11H14FNO3/c1-6-3-10(16-2)7(4-8(6)12)5-9(13)11(14)15/h3-4,9H,5,13H2,1-2H3,(H,14,15). The fourth-order valence-corrected chi connectivity index (χ4v) is 1.37. The lowest BCUT2D eigenvalue weighted by atomic mass is 10.0. The number of carbonyl (C=O) groups is 1. The van der Waals surface area contributed by atoms with E-state index in [4.69, 9.17) is 15.6 Å². The molecule has 0 aliphatic carbocycles. The van der Waals surface area contributed by atoms with E-state index >= 15 is 0 Å². The molecule has 0 amide bonds. The quantitative estimate of drug-likeness (QED) is 0.807. The second kappa shape index (κ2) is 4.94. The summed E-state index contributed by atoms with van der Waals surface area (Å²) in [5.41, 5.74) is 6.29. The van der Waals surface area contributed by atoms with Crippen LogP contribution in [0.5, 0.6) is 5.75 Å². The Morgan fingerprint density at radius 2 is 2.25 bits per heavy atom. The third-order valence-corrected chi connectivity index (χ3v) is 2.32. The van der Waals surface area contributed by atoms with Gasteiger partial charge in [0.1, 0.15) is 17.6 Å². The molecule has 0 aliphatic heterocycles. The fraction of sp³-hybridized carbons (Fsp3) is 0.364. The van der Waals surface area contributed by atoms with Crippen LogP contribution in [-0.2, 0) is 11.2 Å². The molecule has 3 N–H and O–H groups in total. The van der Waals surface area contributed by atoms with Crippen LogP contribution in [0.15, 0.2) is 12.1 Å². The third kappa shape index (κ3) is 2.70. The molecule has 0 aromatic heterocycles. The smallest absolute Gasteiger partial charge is 0.320 e. The molecule has 1 unspecified atom stereocenters. The first-order chi connectivity index (χ1) is 7.45. The van der Waals surface area contributed by atoms with Crippen molar-refractivity contribution in [3.63, 3.8) is 0 Å². The van der Waals surface area contributed by atoms with Gasteiger partial charge in [0.15, 0.2) is 0 Å². The molecule has 0 saturated carbocycles. The Hall–Kier alpha value is -1.62. The largest absolute Gasteiger partial charge is 0.496 e. The molecule has 1 aromatic rings. The summed E-state index contributed by atoms with van der Waals surface area (Å²) in [5, 5.41) is 8.67. The number of hydrogen-bond donors (Lipinski definition) is 2. The molecule has 0 saturated heterocycles. The van der Waals surface area contributed by atoms with Gasteiger partial charge in [-0.3, -0.25) is 4.79 Å². The first-order valence-corrected chi connectivity index (χ1v) is 4.77. The Kier molecular flexibility index (Phi) is 3.84. The predicted octanol–water partition coefficient (Wildman–Crippen LogP) is 1.10. The first-order valence-electron chi connectivity index (χ1n) is 4.77. The highest BCUT2D eigenvalue weighted by molar-refractivity contribution is 5.73. The maximum absolute atomic E-state index is 13.3. The molecule has 1 aromatic carbocycles. The molecule has 4 nitrogen and oxygen atoms in total. The molecular weight excluding hydrogens is 213 g/mol. The van der Waals surface area contributed by atoms with Crippen LogP contribution in [0.3, 0.4) is 0 Å². The van der Waals surface area contributed by atoms with Gasteiger partial charge in [0.2, 0.25) is 0 Å². The second-order valence-corrected chi connectivity index (χ2v) is 3.56. The van der Waals surface area contributed by atoms with E-state index in [1.165, 1.54) is 19.2 Å². The van der Waals surface area contributed by atoms with Gasteiger partial charge in [0.05, 0.1) is 7.11 Å². The topological polar surface area (TPSA) is 72.5 Å². The van der Waals surface area contributed by atoms with E-state index in [0.29, 0.717) is 16.9 Å². The molecule has 0 aliphatic rings. The molecule has 0 spiro atoms. The zero-order valence-electron chi connectivity index (χ0n) is 9.16. The predicted molar refractivity (Wildman–Crippen MR) is 57.0 cm³/mol. The Labute approximate surface area is 92.8 Å². The van der Waals surface area contributed by atoms with Crippen molar-refractivity contribution in [2.45, 2.75) is 19.4 Å². The SMILES string of the molecule is COc1cc(C)c(F)cc1CC(N)C(=O)O. The van der Waals surface area contributed by atoms with Gasteiger partial charge in [-0.1, -0.05) is 0 Å². The minimum Gasteiger partial charge on any atom is -0.496 e. The van der Waals surface area contributed by atoms with Gasteiger partial charge in [-0.2, -0.15) is 0 Å². The van der Waals surface area contributed by atoms with Crippen LogP contribution < -0.4 is 10.5 Å². The fourth-order valence-electron chi connectivity index (χ4n) is 1.37. The van der Waals surface area contributed by atoms with Gasteiger partial charge >= 0.3 is 5.97 Å². The number of benzene rings is 1. The average molecular weight is 227 g/mol.